The van der Waals surface area contributed by atoms with E-state index in [0.717, 1.165) is 0 Å². The van der Waals surface area contributed by atoms with Crippen molar-refractivity contribution in [1.29, 1.82) is 0 Å². The molecule has 0 atom stereocenters. The maximum Gasteiger partial charge on any atom is 0.329 e. The largest absolute Gasteiger partial charge is 0.376 e. The summed E-state index contributed by atoms with van der Waals surface area (Å²) in [5, 5.41) is 0. The molecule has 0 bridgehead atoms. The summed E-state index contributed by atoms with van der Waals surface area (Å²) in [7, 11) is 0. The summed E-state index contributed by atoms with van der Waals surface area (Å²) in [5.74, 6) is 0. The number of aryl methyl sites for hydroxylation is 1. The van der Waals surface area contributed by atoms with Crippen molar-refractivity contribution in [3.8, 4) is 66.8 Å². The van der Waals surface area contributed by atoms with Crippen LogP contribution in [0.15, 0.2) is 200 Å². The first-order chi connectivity index (χ1) is 29.2. The van der Waals surface area contributed by atoms with Crippen molar-refractivity contribution in [2.75, 3.05) is 9.62 Å². The molecule has 0 radical (unpaired) electrons. The van der Waals surface area contributed by atoms with Crippen LogP contribution in [0.1, 0.15) is 5.56 Å². The minimum Gasteiger partial charge on any atom is -0.376 e. The smallest absolute Gasteiger partial charge is 0.329 e. The number of anilines is 4. The minimum absolute atomic E-state index is 0.00704. The van der Waals surface area contributed by atoms with Gasteiger partial charge in [0.1, 0.15) is 0 Å². The molecule has 4 aliphatic rings. The molecule has 0 N–H and O–H groups in total. The Bertz CT molecular complexity index is 3200. The summed E-state index contributed by atoms with van der Waals surface area (Å²) in [5.41, 5.74) is 27.0. The van der Waals surface area contributed by atoms with Crippen molar-refractivity contribution in [1.82, 2.24) is 0 Å². The summed E-state index contributed by atoms with van der Waals surface area (Å²) < 4.78 is 0. The average Bonchev–Trinajstić information content (AvgIpc) is 3.31. The van der Waals surface area contributed by atoms with Crippen molar-refractivity contribution in [3.63, 3.8) is 0 Å². The molecule has 0 saturated heterocycles. The van der Waals surface area contributed by atoms with Crippen LogP contribution in [0.25, 0.3) is 66.8 Å². The third-order valence-electron chi connectivity index (χ3n) is 13.3. The summed E-state index contributed by atoms with van der Waals surface area (Å²) in [6, 6.07) is 75.1. The quantitative estimate of drug-likeness (QED) is 0.166. The second kappa shape index (κ2) is 12.4. The number of hydrogen-bond donors (Lipinski definition) is 0. The maximum atomic E-state index is 2.65. The summed E-state index contributed by atoms with van der Waals surface area (Å²) in [6.07, 6.45) is 0. The van der Waals surface area contributed by atoms with E-state index in [2.05, 4.69) is 217 Å². The van der Waals surface area contributed by atoms with E-state index in [0.29, 0.717) is 0 Å². The fraction of sp³-hybridized carbons (Fsp3) is 0.0182. The molecular formula is C55H36B2N2. The van der Waals surface area contributed by atoms with Gasteiger partial charge in [0, 0.05) is 39.4 Å². The molecule has 59 heavy (non-hydrogen) atoms. The zero-order chi connectivity index (χ0) is 38.8. The SMILES string of the molecule is Cc1ccc2c(c1)-c1cc(-c3ccccc3)ccc1B1c3cccc4c3-c3c(cccc3N3B4c4ccc(-c5ccccc5)cc4-c4cc(-c5ccccc5)ccc43)N12. The topological polar surface area (TPSA) is 6.48 Å². The van der Waals surface area contributed by atoms with Gasteiger partial charge >= 0.3 is 13.7 Å². The van der Waals surface area contributed by atoms with Crippen molar-refractivity contribution < 1.29 is 0 Å². The van der Waals surface area contributed by atoms with Gasteiger partial charge in [-0.1, -0.05) is 157 Å². The van der Waals surface area contributed by atoms with E-state index in [-0.39, 0.29) is 13.7 Å². The van der Waals surface area contributed by atoms with E-state index in [9.17, 15) is 0 Å². The standard InChI is InChI=1S/C55H36B2N2/c1-35-23-29-50-44(31-35)42-32-39(36-13-5-2-6-14-36)24-27-46(42)56-48-19-11-20-49-54(48)55-52(58(50)56)21-12-22-53(55)59-51-30-26-41(38-17-9-4-10-18-38)34-45(51)43-33-40(25-28-47(43)57(49)59)37-15-7-3-8-16-37/h2-34H,1H3. The van der Waals surface area contributed by atoms with E-state index in [4.69, 9.17) is 0 Å². The van der Waals surface area contributed by atoms with Crippen LogP contribution in [0.5, 0.6) is 0 Å². The van der Waals surface area contributed by atoms with Crippen molar-refractivity contribution in [2.24, 2.45) is 0 Å². The van der Waals surface area contributed by atoms with Crippen molar-refractivity contribution in [3.05, 3.63) is 206 Å². The fourth-order valence-electron chi connectivity index (χ4n) is 10.8. The molecule has 2 nitrogen and oxygen atoms in total. The van der Waals surface area contributed by atoms with E-state index >= 15 is 0 Å². The molecule has 0 aliphatic carbocycles. The molecule has 0 amide bonds. The third kappa shape index (κ3) is 4.66. The highest BCUT2D eigenvalue weighted by molar-refractivity contribution is 6.97. The summed E-state index contributed by atoms with van der Waals surface area (Å²) in [6.45, 7) is 2.25. The van der Waals surface area contributed by atoms with Crippen molar-refractivity contribution in [2.45, 2.75) is 6.92 Å². The lowest BCUT2D eigenvalue weighted by atomic mass is 9.37. The normalized spacial score (nSPS) is 13.4. The van der Waals surface area contributed by atoms with Gasteiger partial charge < -0.3 is 9.62 Å². The molecule has 0 unspecified atom stereocenters. The lowest BCUT2D eigenvalue weighted by Crippen LogP contribution is -2.65. The van der Waals surface area contributed by atoms with Crippen LogP contribution in [0.4, 0.5) is 22.7 Å². The number of hydrogen-bond acceptors (Lipinski definition) is 2. The first-order valence-electron chi connectivity index (χ1n) is 20.7. The lowest BCUT2D eigenvalue weighted by Gasteiger charge is -2.50. The number of rotatable bonds is 3. The van der Waals surface area contributed by atoms with Crippen LogP contribution in [0, 0.1) is 6.92 Å². The van der Waals surface area contributed by atoms with Gasteiger partial charge in [-0.15, -0.1) is 0 Å². The third-order valence-corrected chi connectivity index (χ3v) is 13.3. The second-order valence-corrected chi connectivity index (χ2v) is 16.5. The van der Waals surface area contributed by atoms with E-state index in [1.54, 1.807) is 0 Å². The lowest BCUT2D eigenvalue weighted by molar-refractivity contribution is 1.30. The van der Waals surface area contributed by atoms with Crippen LogP contribution >= 0.6 is 0 Å². The zero-order valence-electron chi connectivity index (χ0n) is 32.6. The molecule has 0 aromatic heterocycles. The Morgan fingerprint density at radius 1 is 0.288 bits per heavy atom. The van der Waals surface area contributed by atoms with Crippen LogP contribution in [0.2, 0.25) is 0 Å². The minimum atomic E-state index is 0.00704. The number of benzene rings is 9. The van der Waals surface area contributed by atoms with Gasteiger partial charge in [0.15, 0.2) is 0 Å². The van der Waals surface area contributed by atoms with Gasteiger partial charge in [0.25, 0.3) is 0 Å². The Labute approximate surface area is 345 Å². The Balaban J connectivity index is 1.08. The molecule has 4 heteroatoms. The van der Waals surface area contributed by atoms with Crippen molar-refractivity contribution >= 4 is 58.3 Å². The molecule has 13 rings (SSSR count). The Morgan fingerprint density at radius 3 is 1.22 bits per heavy atom. The predicted molar refractivity (Wildman–Crippen MR) is 251 cm³/mol. The summed E-state index contributed by atoms with van der Waals surface area (Å²) in [4.78, 5) is 5.30. The van der Waals surface area contributed by atoms with Gasteiger partial charge in [0.05, 0.1) is 0 Å². The predicted octanol–water partition coefficient (Wildman–Crippen LogP) is 11.1. The zero-order valence-corrected chi connectivity index (χ0v) is 32.6. The van der Waals surface area contributed by atoms with Crippen LogP contribution in [-0.2, 0) is 0 Å². The molecule has 0 fully saturated rings. The highest BCUT2D eigenvalue weighted by Crippen LogP contribution is 2.54. The molecule has 0 spiro atoms. The number of fused-ring (bicyclic) bond motifs is 16. The molecule has 4 heterocycles. The monoisotopic (exact) mass is 746 g/mol. The maximum absolute atomic E-state index is 2.65. The summed E-state index contributed by atoms with van der Waals surface area (Å²) >= 11 is 0. The molecule has 272 valence electrons. The van der Waals surface area contributed by atoms with E-state index in [1.165, 1.54) is 117 Å². The highest BCUT2D eigenvalue weighted by Gasteiger charge is 2.50. The van der Waals surface area contributed by atoms with Gasteiger partial charge in [-0.2, -0.15) is 0 Å². The van der Waals surface area contributed by atoms with E-state index < -0.39 is 0 Å². The van der Waals surface area contributed by atoms with Crippen LogP contribution < -0.4 is 31.5 Å². The highest BCUT2D eigenvalue weighted by atomic mass is 15.1. The van der Waals surface area contributed by atoms with Crippen LogP contribution in [-0.4, -0.2) is 13.7 Å². The number of nitrogens with zero attached hydrogens (tertiary/aromatic N) is 2. The van der Waals surface area contributed by atoms with Gasteiger partial charge in [-0.25, -0.2) is 0 Å². The van der Waals surface area contributed by atoms with Gasteiger partial charge in [-0.05, 0) is 127 Å². The van der Waals surface area contributed by atoms with Gasteiger partial charge in [-0.3, -0.25) is 0 Å². The first kappa shape index (κ1) is 32.8. The second-order valence-electron chi connectivity index (χ2n) is 16.5. The average molecular weight is 747 g/mol. The first-order valence-corrected chi connectivity index (χ1v) is 20.7. The molecular weight excluding hydrogens is 710 g/mol. The fourth-order valence-corrected chi connectivity index (χ4v) is 10.8. The molecule has 0 saturated carbocycles. The van der Waals surface area contributed by atoms with Gasteiger partial charge in [0.2, 0.25) is 0 Å². The Morgan fingerprint density at radius 2 is 0.712 bits per heavy atom. The Hall–Kier alpha value is -7.29. The van der Waals surface area contributed by atoms with E-state index in [1.807, 2.05) is 0 Å². The Kier molecular flexibility index (Phi) is 6.86. The molecule has 9 aromatic rings. The molecule has 4 aliphatic heterocycles. The van der Waals surface area contributed by atoms with Crippen LogP contribution in [0.3, 0.4) is 0 Å². The molecule has 9 aromatic carbocycles.